The summed E-state index contributed by atoms with van der Waals surface area (Å²) in [5, 5.41) is 18.7. The van der Waals surface area contributed by atoms with Crippen LogP contribution in [0.5, 0.6) is 0 Å². The molecule has 0 aliphatic rings. The summed E-state index contributed by atoms with van der Waals surface area (Å²) in [5.41, 5.74) is 5.81. The van der Waals surface area contributed by atoms with E-state index in [1.807, 2.05) is 0 Å². The number of methoxy groups -OCH3 is 1. The molecular formula is C10H13ClFN5O3. The van der Waals surface area contributed by atoms with Gasteiger partial charge in [-0.3, -0.25) is 4.57 Å². The van der Waals surface area contributed by atoms with Crippen LogP contribution in [0, 0.1) is 0 Å². The maximum absolute atomic E-state index is 14.3. The molecule has 0 saturated carbocycles. The second-order valence-electron chi connectivity index (χ2n) is 4.02. The smallest absolute Gasteiger partial charge is 0.226 e. The molecule has 4 N–H and O–H groups in total. The molecule has 3 unspecified atom stereocenters. The van der Waals surface area contributed by atoms with Crippen LogP contribution in [0.4, 0.5) is 10.2 Å². The largest absolute Gasteiger partial charge is 0.394 e. The number of nitrogen functional groups attached to an aromatic ring is 1. The van der Waals surface area contributed by atoms with Gasteiger partial charge in [-0.05, 0) is 11.6 Å². The van der Waals surface area contributed by atoms with E-state index >= 15 is 0 Å². The predicted molar refractivity (Wildman–Crippen MR) is 68.8 cm³/mol. The predicted octanol–water partition coefficient (Wildman–Crippen LogP) is -0.102. The molecular weight excluding hydrogens is 293 g/mol. The molecule has 2 aromatic rings. The van der Waals surface area contributed by atoms with Crippen molar-refractivity contribution in [2.75, 3.05) is 19.5 Å². The Morgan fingerprint density at radius 2 is 2.25 bits per heavy atom. The third-order valence-electron chi connectivity index (χ3n) is 2.83. The standard InChI is InChI=1S/C10H13ClFN5O3/c1-20-4(2-18)6(19)7(12)17-3-14-5-8(13)15-10(11)16-9(5)17/h3-4,6-7,18-19H,2H2,1H3,(H2,13,15,16). The number of nitrogens with zero attached hydrogens (tertiary/aromatic N) is 4. The second kappa shape index (κ2) is 5.83. The van der Waals surface area contributed by atoms with Gasteiger partial charge < -0.3 is 20.7 Å². The van der Waals surface area contributed by atoms with E-state index in [1.54, 1.807) is 0 Å². The number of alkyl halides is 1. The third-order valence-corrected chi connectivity index (χ3v) is 3.00. The van der Waals surface area contributed by atoms with Crippen LogP contribution in [-0.2, 0) is 4.74 Å². The van der Waals surface area contributed by atoms with Crippen molar-refractivity contribution in [3.8, 4) is 0 Å². The fourth-order valence-corrected chi connectivity index (χ4v) is 1.93. The second-order valence-corrected chi connectivity index (χ2v) is 4.36. The molecule has 8 nitrogen and oxygen atoms in total. The van der Waals surface area contributed by atoms with Gasteiger partial charge in [-0.25, -0.2) is 9.37 Å². The van der Waals surface area contributed by atoms with Gasteiger partial charge in [0, 0.05) is 7.11 Å². The number of fused-ring (bicyclic) bond motifs is 1. The number of rotatable bonds is 5. The molecule has 3 atom stereocenters. The van der Waals surface area contributed by atoms with Crippen molar-refractivity contribution < 1.29 is 19.3 Å². The number of hydrogen-bond donors (Lipinski definition) is 3. The Morgan fingerprint density at radius 1 is 1.55 bits per heavy atom. The third kappa shape index (κ3) is 2.52. The molecule has 0 aliphatic carbocycles. The van der Waals surface area contributed by atoms with Crippen molar-refractivity contribution >= 4 is 28.6 Å². The van der Waals surface area contributed by atoms with Crippen LogP contribution in [0.25, 0.3) is 11.2 Å². The van der Waals surface area contributed by atoms with Gasteiger partial charge in [0.15, 0.2) is 11.5 Å². The maximum atomic E-state index is 14.3. The van der Waals surface area contributed by atoms with Crippen molar-refractivity contribution in [1.82, 2.24) is 19.5 Å². The Morgan fingerprint density at radius 3 is 2.85 bits per heavy atom. The number of hydrogen-bond acceptors (Lipinski definition) is 7. The topological polar surface area (TPSA) is 119 Å². The molecule has 0 bridgehead atoms. The van der Waals surface area contributed by atoms with E-state index in [0.29, 0.717) is 0 Å². The highest BCUT2D eigenvalue weighted by Gasteiger charge is 2.30. The lowest BCUT2D eigenvalue weighted by Gasteiger charge is -2.23. The van der Waals surface area contributed by atoms with Gasteiger partial charge in [-0.15, -0.1) is 0 Å². The summed E-state index contributed by atoms with van der Waals surface area (Å²) in [6, 6.07) is 0. The number of ether oxygens (including phenoxy) is 1. The number of aromatic nitrogens is 4. The van der Waals surface area contributed by atoms with Gasteiger partial charge in [0.2, 0.25) is 11.6 Å². The first-order valence-electron chi connectivity index (χ1n) is 5.61. The molecule has 0 spiro atoms. The highest BCUT2D eigenvalue weighted by molar-refractivity contribution is 6.28. The molecule has 0 radical (unpaired) electrons. The molecule has 2 rings (SSSR count). The highest BCUT2D eigenvalue weighted by atomic mass is 35.5. The van der Waals surface area contributed by atoms with Crippen LogP contribution in [-0.4, -0.2) is 55.7 Å². The van der Waals surface area contributed by atoms with Gasteiger partial charge in [0.25, 0.3) is 0 Å². The van der Waals surface area contributed by atoms with E-state index < -0.39 is 25.1 Å². The minimum Gasteiger partial charge on any atom is -0.394 e. The zero-order chi connectivity index (χ0) is 14.9. The van der Waals surface area contributed by atoms with Crippen LogP contribution in [0.1, 0.15) is 6.30 Å². The van der Waals surface area contributed by atoms with Crippen LogP contribution in [0.2, 0.25) is 5.28 Å². The number of halogens is 2. The zero-order valence-corrected chi connectivity index (χ0v) is 11.2. The molecule has 0 amide bonds. The van der Waals surface area contributed by atoms with Crippen molar-refractivity contribution in [2.24, 2.45) is 0 Å². The molecule has 2 aromatic heterocycles. The van der Waals surface area contributed by atoms with Crippen molar-refractivity contribution in [2.45, 2.75) is 18.5 Å². The Hall–Kier alpha value is -1.55. The maximum Gasteiger partial charge on any atom is 0.226 e. The number of aliphatic hydroxyl groups excluding tert-OH is 2. The van der Waals surface area contributed by atoms with Crippen LogP contribution in [0.15, 0.2) is 6.33 Å². The van der Waals surface area contributed by atoms with Crippen molar-refractivity contribution in [3.63, 3.8) is 0 Å². The molecule has 0 fully saturated rings. The summed E-state index contributed by atoms with van der Waals surface area (Å²) in [4.78, 5) is 11.4. The summed E-state index contributed by atoms with van der Waals surface area (Å²) in [7, 11) is 1.25. The summed E-state index contributed by atoms with van der Waals surface area (Å²) < 4.78 is 20.0. The summed E-state index contributed by atoms with van der Waals surface area (Å²) in [5.74, 6) is 0.00545. The molecule has 2 heterocycles. The molecule has 110 valence electrons. The summed E-state index contributed by atoms with van der Waals surface area (Å²) in [6.07, 6.45) is -3.53. The van der Waals surface area contributed by atoms with Crippen LogP contribution < -0.4 is 5.73 Å². The van der Waals surface area contributed by atoms with Crippen molar-refractivity contribution in [1.29, 1.82) is 0 Å². The van der Waals surface area contributed by atoms with Crippen LogP contribution in [0.3, 0.4) is 0 Å². The Labute approximate surface area is 118 Å². The summed E-state index contributed by atoms with van der Waals surface area (Å²) >= 11 is 5.66. The van der Waals surface area contributed by atoms with Gasteiger partial charge in [0.05, 0.1) is 12.9 Å². The lowest BCUT2D eigenvalue weighted by molar-refractivity contribution is -0.0891. The number of nitrogens with two attached hydrogens (primary N) is 1. The van der Waals surface area contributed by atoms with Gasteiger partial charge in [-0.2, -0.15) is 9.97 Å². The Balaban J connectivity index is 2.42. The van der Waals surface area contributed by atoms with E-state index in [-0.39, 0.29) is 22.3 Å². The molecule has 10 heteroatoms. The first-order valence-corrected chi connectivity index (χ1v) is 5.98. The fourth-order valence-electron chi connectivity index (χ4n) is 1.75. The van der Waals surface area contributed by atoms with E-state index in [1.165, 1.54) is 7.11 Å². The zero-order valence-electron chi connectivity index (χ0n) is 10.4. The van der Waals surface area contributed by atoms with Crippen molar-refractivity contribution in [3.05, 3.63) is 11.6 Å². The van der Waals surface area contributed by atoms with E-state index in [0.717, 1.165) is 10.9 Å². The molecule has 0 saturated heterocycles. The first-order chi connectivity index (χ1) is 9.49. The number of anilines is 1. The lowest BCUT2D eigenvalue weighted by atomic mass is 10.2. The van der Waals surface area contributed by atoms with Crippen LogP contribution >= 0.6 is 11.6 Å². The minimum absolute atomic E-state index is 0.00545. The average molecular weight is 306 g/mol. The van der Waals surface area contributed by atoms with Gasteiger partial charge in [0.1, 0.15) is 17.7 Å². The Bertz CT molecular complexity index is 606. The average Bonchev–Trinajstić information content (AvgIpc) is 2.83. The monoisotopic (exact) mass is 305 g/mol. The van der Waals surface area contributed by atoms with E-state index in [4.69, 9.17) is 27.2 Å². The van der Waals surface area contributed by atoms with E-state index in [9.17, 15) is 9.50 Å². The SMILES string of the molecule is COC(CO)C(O)C(F)n1cnc2c(N)nc(Cl)nc21. The van der Waals surface area contributed by atoms with Gasteiger partial charge >= 0.3 is 0 Å². The van der Waals surface area contributed by atoms with Gasteiger partial charge in [-0.1, -0.05) is 0 Å². The normalized spacial score (nSPS) is 16.2. The minimum atomic E-state index is -1.94. The number of imidazole rings is 1. The Kier molecular flexibility index (Phi) is 4.33. The molecule has 0 aliphatic heterocycles. The molecule has 20 heavy (non-hydrogen) atoms. The highest BCUT2D eigenvalue weighted by Crippen LogP contribution is 2.25. The number of aliphatic hydroxyl groups is 2. The fraction of sp³-hybridized carbons (Fsp3) is 0.500. The quantitative estimate of drug-likeness (QED) is 0.660. The summed E-state index contributed by atoms with van der Waals surface area (Å²) in [6.45, 7) is -0.539. The lowest BCUT2D eigenvalue weighted by Crippen LogP contribution is -2.37. The van der Waals surface area contributed by atoms with E-state index in [2.05, 4.69) is 15.0 Å². The first kappa shape index (κ1) is 14.9. The molecule has 0 aromatic carbocycles.